The molecule has 0 heterocycles. The first-order chi connectivity index (χ1) is 7.06. The number of carbonyl (C=O) groups excluding carboxylic acids is 1. The van der Waals surface area contributed by atoms with Crippen LogP contribution in [0.2, 0.25) is 0 Å². The number of hydrogen-bond donors (Lipinski definition) is 1. The van der Waals surface area contributed by atoms with Crippen LogP contribution in [0.15, 0.2) is 23.2 Å². The van der Waals surface area contributed by atoms with Crippen molar-refractivity contribution < 1.29 is 4.79 Å². The molecule has 4 heteroatoms. The van der Waals surface area contributed by atoms with Crippen LogP contribution in [0.3, 0.4) is 0 Å². The van der Waals surface area contributed by atoms with Crippen molar-refractivity contribution in [3.8, 4) is 0 Å². The molecule has 0 aliphatic heterocycles. The molecule has 1 aromatic carbocycles. The predicted octanol–water partition coefficient (Wildman–Crippen LogP) is 1.57. The molecule has 0 aliphatic rings. The lowest BCUT2D eigenvalue weighted by atomic mass is 10.1. The Bertz CT molecular complexity index is 397. The normalized spacial score (nSPS) is 10.6. The molecule has 0 spiro atoms. The summed E-state index contributed by atoms with van der Waals surface area (Å²) in [6.07, 6.45) is 1.25. The number of carbonyl (C=O) groups is 1. The third-order valence-corrected chi connectivity index (χ3v) is 2.08. The van der Waals surface area contributed by atoms with Crippen molar-refractivity contribution in [2.45, 2.75) is 6.92 Å². The van der Waals surface area contributed by atoms with Crippen LogP contribution in [0.4, 0.5) is 11.4 Å². The van der Waals surface area contributed by atoms with Gasteiger partial charge in [0.25, 0.3) is 0 Å². The van der Waals surface area contributed by atoms with Crippen molar-refractivity contribution in [2.75, 3.05) is 19.0 Å². The lowest BCUT2D eigenvalue weighted by molar-refractivity contribution is 0.101. The second-order valence-corrected chi connectivity index (χ2v) is 3.43. The highest BCUT2D eigenvalue weighted by atomic mass is 16.1. The molecule has 80 valence electrons. The van der Waals surface area contributed by atoms with Crippen molar-refractivity contribution in [1.29, 1.82) is 0 Å². The minimum atomic E-state index is 0.0429. The van der Waals surface area contributed by atoms with Crippen molar-refractivity contribution in [2.24, 2.45) is 10.7 Å². The van der Waals surface area contributed by atoms with Crippen LogP contribution in [-0.2, 0) is 0 Å². The molecule has 2 N–H and O–H groups in total. The first-order valence-corrected chi connectivity index (χ1v) is 4.63. The van der Waals surface area contributed by atoms with Crippen molar-refractivity contribution in [3.05, 3.63) is 23.8 Å². The van der Waals surface area contributed by atoms with Crippen LogP contribution >= 0.6 is 0 Å². The number of ketones is 1. The highest BCUT2D eigenvalue weighted by Gasteiger charge is 2.07. The smallest absolute Gasteiger partial charge is 0.159 e. The summed E-state index contributed by atoms with van der Waals surface area (Å²) in [6, 6.07) is 5.34. The van der Waals surface area contributed by atoms with E-state index in [2.05, 4.69) is 4.99 Å². The molecule has 0 fully saturated rings. The third kappa shape index (κ3) is 2.56. The Labute approximate surface area is 89.4 Å². The minimum Gasteiger partial charge on any atom is -0.390 e. The monoisotopic (exact) mass is 205 g/mol. The molecule has 1 aromatic rings. The molecule has 0 aliphatic carbocycles. The van der Waals surface area contributed by atoms with Crippen LogP contribution in [0, 0.1) is 0 Å². The maximum atomic E-state index is 11.2. The Kier molecular flexibility index (Phi) is 3.44. The van der Waals surface area contributed by atoms with E-state index in [1.54, 1.807) is 19.1 Å². The van der Waals surface area contributed by atoms with E-state index in [-0.39, 0.29) is 5.78 Å². The first-order valence-electron chi connectivity index (χ1n) is 4.63. The molecule has 0 aromatic heterocycles. The summed E-state index contributed by atoms with van der Waals surface area (Å²) < 4.78 is 0. The van der Waals surface area contributed by atoms with Gasteiger partial charge in [0.1, 0.15) is 0 Å². The lowest BCUT2D eigenvalue weighted by Crippen LogP contribution is -2.10. The van der Waals surface area contributed by atoms with Crippen molar-refractivity contribution in [1.82, 2.24) is 0 Å². The molecule has 0 saturated carbocycles. The van der Waals surface area contributed by atoms with E-state index < -0.39 is 0 Å². The van der Waals surface area contributed by atoms with Gasteiger partial charge in [0.15, 0.2) is 5.78 Å². The largest absolute Gasteiger partial charge is 0.390 e. The van der Waals surface area contributed by atoms with Gasteiger partial charge < -0.3 is 10.6 Å². The van der Waals surface area contributed by atoms with Gasteiger partial charge in [-0.2, -0.15) is 0 Å². The number of aliphatic imine (C=N–C) groups is 1. The zero-order valence-electron chi connectivity index (χ0n) is 9.19. The summed E-state index contributed by atoms with van der Waals surface area (Å²) in [5.74, 6) is 0.0429. The van der Waals surface area contributed by atoms with Gasteiger partial charge in [0.05, 0.1) is 17.7 Å². The molecule has 0 radical (unpaired) electrons. The number of nitrogens with two attached hydrogens (primary N) is 1. The summed E-state index contributed by atoms with van der Waals surface area (Å²) in [6.45, 7) is 1.54. The number of anilines is 1. The summed E-state index contributed by atoms with van der Waals surface area (Å²) >= 11 is 0. The van der Waals surface area contributed by atoms with Gasteiger partial charge >= 0.3 is 0 Å². The molecular formula is C11H15N3O. The predicted molar refractivity (Wildman–Crippen MR) is 63.1 cm³/mol. The second-order valence-electron chi connectivity index (χ2n) is 3.43. The van der Waals surface area contributed by atoms with Gasteiger partial charge in [-0.3, -0.25) is 4.79 Å². The molecule has 0 unspecified atom stereocenters. The van der Waals surface area contributed by atoms with Crippen molar-refractivity contribution in [3.63, 3.8) is 0 Å². The van der Waals surface area contributed by atoms with E-state index in [1.165, 1.54) is 6.34 Å². The SMILES string of the molecule is CC(=O)c1ccc(N=CN)c(N(C)C)c1. The van der Waals surface area contributed by atoms with E-state index in [9.17, 15) is 4.79 Å². The number of benzene rings is 1. The Hall–Kier alpha value is -1.84. The van der Waals surface area contributed by atoms with E-state index in [1.807, 2.05) is 25.1 Å². The number of Topliss-reactive ketones (excluding diaryl/α,β-unsaturated/α-hetero) is 1. The van der Waals surface area contributed by atoms with Crippen LogP contribution < -0.4 is 10.6 Å². The summed E-state index contributed by atoms with van der Waals surface area (Å²) in [5, 5.41) is 0. The molecule has 0 atom stereocenters. The maximum Gasteiger partial charge on any atom is 0.159 e. The fraction of sp³-hybridized carbons (Fsp3) is 0.273. The summed E-state index contributed by atoms with van der Waals surface area (Å²) in [7, 11) is 3.80. The van der Waals surface area contributed by atoms with Gasteiger partial charge in [0.2, 0.25) is 0 Å². The third-order valence-electron chi connectivity index (χ3n) is 2.08. The zero-order chi connectivity index (χ0) is 11.4. The summed E-state index contributed by atoms with van der Waals surface area (Å²) in [5.41, 5.74) is 7.56. The molecule has 0 saturated heterocycles. The number of rotatable bonds is 3. The Morgan fingerprint density at radius 3 is 2.60 bits per heavy atom. The Morgan fingerprint density at radius 1 is 1.47 bits per heavy atom. The summed E-state index contributed by atoms with van der Waals surface area (Å²) in [4.78, 5) is 17.1. The first kappa shape index (κ1) is 11.2. The van der Waals surface area contributed by atoms with Gasteiger partial charge in [-0.05, 0) is 25.1 Å². The standard InChI is InChI=1S/C11H15N3O/c1-8(15)9-4-5-10(13-7-12)11(6-9)14(2)3/h4-7H,1-3H3,(H2,12,13). The molecule has 1 rings (SSSR count). The topological polar surface area (TPSA) is 58.7 Å². The number of hydrogen-bond acceptors (Lipinski definition) is 3. The maximum absolute atomic E-state index is 11.2. The molecule has 4 nitrogen and oxygen atoms in total. The molecule has 0 bridgehead atoms. The van der Waals surface area contributed by atoms with Crippen LogP contribution in [0.25, 0.3) is 0 Å². The molecule has 0 amide bonds. The number of nitrogens with zero attached hydrogens (tertiary/aromatic N) is 2. The highest BCUT2D eigenvalue weighted by molar-refractivity contribution is 5.96. The highest BCUT2D eigenvalue weighted by Crippen LogP contribution is 2.28. The zero-order valence-corrected chi connectivity index (χ0v) is 9.19. The second kappa shape index (κ2) is 4.59. The minimum absolute atomic E-state index is 0.0429. The molecule has 15 heavy (non-hydrogen) atoms. The Balaban J connectivity index is 3.26. The Morgan fingerprint density at radius 2 is 2.13 bits per heavy atom. The van der Waals surface area contributed by atoms with Crippen LogP contribution in [-0.4, -0.2) is 26.2 Å². The van der Waals surface area contributed by atoms with E-state index in [0.717, 1.165) is 11.4 Å². The van der Waals surface area contributed by atoms with Crippen LogP contribution in [0.1, 0.15) is 17.3 Å². The van der Waals surface area contributed by atoms with E-state index in [0.29, 0.717) is 5.56 Å². The fourth-order valence-corrected chi connectivity index (χ4v) is 1.29. The van der Waals surface area contributed by atoms with Crippen LogP contribution in [0.5, 0.6) is 0 Å². The molecular weight excluding hydrogens is 190 g/mol. The quantitative estimate of drug-likeness (QED) is 0.463. The van der Waals surface area contributed by atoms with E-state index >= 15 is 0 Å². The van der Waals surface area contributed by atoms with Crippen molar-refractivity contribution >= 4 is 23.5 Å². The average molecular weight is 205 g/mol. The lowest BCUT2D eigenvalue weighted by Gasteiger charge is -2.15. The average Bonchev–Trinajstić information content (AvgIpc) is 2.18. The van der Waals surface area contributed by atoms with Gasteiger partial charge in [0, 0.05) is 19.7 Å². The van der Waals surface area contributed by atoms with Gasteiger partial charge in [-0.25, -0.2) is 4.99 Å². The van der Waals surface area contributed by atoms with E-state index in [4.69, 9.17) is 5.73 Å². The fourth-order valence-electron chi connectivity index (χ4n) is 1.29. The van der Waals surface area contributed by atoms with Gasteiger partial charge in [-0.1, -0.05) is 0 Å². The van der Waals surface area contributed by atoms with Gasteiger partial charge in [-0.15, -0.1) is 0 Å².